The molecule has 1 atom stereocenters. The molecule has 0 amide bonds. The molecule has 2 aliphatic rings. The van der Waals surface area contributed by atoms with E-state index in [0.29, 0.717) is 25.2 Å². The molecule has 2 aliphatic heterocycles. The zero-order valence-corrected chi connectivity index (χ0v) is 35.8. The first-order chi connectivity index (χ1) is 26.3. The largest absolute Gasteiger partial charge is 0.748 e. The van der Waals surface area contributed by atoms with Crippen LogP contribution in [0.4, 0.5) is 11.4 Å². The minimum absolute atomic E-state index is 0.110. The lowest BCUT2D eigenvalue weighted by atomic mass is 9.77. The van der Waals surface area contributed by atoms with Gasteiger partial charge in [0.05, 0.1) is 15.5 Å². The van der Waals surface area contributed by atoms with E-state index in [1.807, 2.05) is 6.07 Å². The Hall–Kier alpha value is -4.05. The molecule has 0 N–H and O–H groups in total. The van der Waals surface area contributed by atoms with E-state index < -0.39 is 31.3 Å². The molecular formula is C41H56N2O10S3. The Balaban J connectivity index is 0.00000123. The number of carbonyl (C=O) groups excluding carboxylic acids is 1. The maximum Gasteiger partial charge on any atom is 0.425 e. The molecular weight excluding hydrogens is 777 g/mol. The summed E-state index contributed by atoms with van der Waals surface area (Å²) >= 11 is 0. The van der Waals surface area contributed by atoms with Gasteiger partial charge in [-0.05, 0) is 77.2 Å². The van der Waals surface area contributed by atoms with Gasteiger partial charge in [0, 0.05) is 66.1 Å². The predicted octanol–water partition coefficient (Wildman–Crippen LogP) is 7.19. The van der Waals surface area contributed by atoms with E-state index in [1.54, 1.807) is 0 Å². The highest BCUT2D eigenvalue weighted by molar-refractivity contribution is 7.85. The van der Waals surface area contributed by atoms with Gasteiger partial charge in [0.2, 0.25) is 5.69 Å². The number of fused-ring (bicyclic) bond motifs is 2. The molecule has 12 nitrogen and oxygen atoms in total. The highest BCUT2D eigenvalue weighted by Crippen LogP contribution is 2.50. The van der Waals surface area contributed by atoms with Gasteiger partial charge in [-0.15, -0.1) is 25.3 Å². The van der Waals surface area contributed by atoms with E-state index in [4.69, 9.17) is 25.3 Å². The molecule has 56 heavy (non-hydrogen) atoms. The summed E-state index contributed by atoms with van der Waals surface area (Å²) in [4.78, 5) is 14.7. The SMILES string of the molecule is CCCCCC(=O)CCCCC1(C)C(=CC=CC=CC2=[N+](CCC)c3ccc(C)cc3C2(C)C)N(CCCS(=O)(=O)[O-])c2ccccc21.O=S(=O)=O.O=S(=O)=O. The number of rotatable bonds is 18. The van der Waals surface area contributed by atoms with Crippen molar-refractivity contribution in [3.63, 3.8) is 0 Å². The summed E-state index contributed by atoms with van der Waals surface area (Å²) in [5.41, 5.74) is 8.13. The van der Waals surface area contributed by atoms with Gasteiger partial charge >= 0.3 is 21.2 Å². The number of ketones is 1. The lowest BCUT2D eigenvalue weighted by Gasteiger charge is -2.30. The lowest BCUT2D eigenvalue weighted by Crippen LogP contribution is -2.30. The molecule has 0 spiro atoms. The van der Waals surface area contributed by atoms with Crippen molar-refractivity contribution in [1.82, 2.24) is 0 Å². The molecule has 0 saturated heterocycles. The summed E-state index contributed by atoms with van der Waals surface area (Å²) in [5.74, 6) is -0.0377. The topological polar surface area (TPSA) is 183 Å². The highest BCUT2D eigenvalue weighted by Gasteiger charge is 2.44. The molecule has 1 unspecified atom stereocenters. The fourth-order valence-corrected chi connectivity index (χ4v) is 8.01. The number of para-hydroxylation sites is 1. The number of hydrogen-bond acceptors (Lipinski definition) is 11. The number of carbonyl (C=O) groups is 1. The maximum atomic E-state index is 12.5. The number of benzene rings is 2. The Bertz CT molecular complexity index is 2100. The monoisotopic (exact) mass is 832 g/mol. The molecule has 15 heteroatoms. The minimum atomic E-state index is -4.30. The van der Waals surface area contributed by atoms with Crippen LogP contribution < -0.4 is 4.90 Å². The van der Waals surface area contributed by atoms with Crippen molar-refractivity contribution in [1.29, 1.82) is 0 Å². The molecule has 0 radical (unpaired) electrons. The number of Topliss-reactive ketones (excluding diaryl/α,β-unsaturated/α-hetero) is 1. The summed E-state index contributed by atoms with van der Waals surface area (Å²) in [6, 6.07) is 15.1. The van der Waals surface area contributed by atoms with E-state index in [-0.39, 0.29) is 23.0 Å². The van der Waals surface area contributed by atoms with Crippen molar-refractivity contribution >= 4 is 54.2 Å². The van der Waals surface area contributed by atoms with Gasteiger partial charge in [0.1, 0.15) is 12.3 Å². The van der Waals surface area contributed by atoms with E-state index in [9.17, 15) is 17.8 Å². The number of nitrogens with zero attached hydrogens (tertiary/aromatic N) is 2. The fourth-order valence-electron chi connectivity index (χ4n) is 7.53. The maximum absolute atomic E-state index is 12.5. The van der Waals surface area contributed by atoms with Crippen molar-refractivity contribution in [2.75, 3.05) is 23.7 Å². The number of unbranched alkanes of at least 4 members (excludes halogenated alkanes) is 3. The third kappa shape index (κ3) is 14.5. The second-order valence-electron chi connectivity index (χ2n) is 14.7. The molecule has 0 aromatic heterocycles. The summed E-state index contributed by atoms with van der Waals surface area (Å²) in [5, 5.41) is 0. The zero-order chi connectivity index (χ0) is 42.1. The number of aryl methyl sites for hydroxylation is 1. The second-order valence-corrected chi connectivity index (χ2v) is 17.0. The minimum Gasteiger partial charge on any atom is -0.748 e. The van der Waals surface area contributed by atoms with E-state index in [1.165, 1.54) is 28.1 Å². The number of allylic oxidation sites excluding steroid dienone is 6. The van der Waals surface area contributed by atoms with Crippen LogP contribution in [-0.2, 0) is 47.0 Å². The molecule has 0 fully saturated rings. The molecule has 0 bridgehead atoms. The second kappa shape index (κ2) is 22.6. The van der Waals surface area contributed by atoms with Crippen molar-refractivity contribution in [3.8, 4) is 0 Å². The van der Waals surface area contributed by atoms with Crippen molar-refractivity contribution < 1.29 is 47.6 Å². The Morgan fingerprint density at radius 3 is 2.05 bits per heavy atom. The Morgan fingerprint density at radius 2 is 1.45 bits per heavy atom. The predicted molar refractivity (Wildman–Crippen MR) is 218 cm³/mol. The van der Waals surface area contributed by atoms with Gasteiger partial charge in [-0.1, -0.05) is 81.2 Å². The van der Waals surface area contributed by atoms with Crippen LogP contribution in [0.1, 0.15) is 116 Å². The lowest BCUT2D eigenvalue weighted by molar-refractivity contribution is -0.437. The summed E-state index contributed by atoms with van der Waals surface area (Å²) in [7, 11) is -10.5. The van der Waals surface area contributed by atoms with Gasteiger partial charge < -0.3 is 9.45 Å². The molecule has 2 aromatic carbocycles. The highest BCUT2D eigenvalue weighted by atomic mass is 32.2. The van der Waals surface area contributed by atoms with Gasteiger partial charge in [-0.3, -0.25) is 4.79 Å². The van der Waals surface area contributed by atoms with Gasteiger partial charge in [-0.2, -0.15) is 4.58 Å². The smallest absolute Gasteiger partial charge is 0.425 e. The summed E-state index contributed by atoms with van der Waals surface area (Å²) < 4.78 is 87.6. The van der Waals surface area contributed by atoms with Crippen molar-refractivity contribution in [3.05, 3.63) is 95.2 Å². The summed E-state index contributed by atoms with van der Waals surface area (Å²) in [6.45, 7) is 14.8. The molecule has 2 heterocycles. The van der Waals surface area contributed by atoms with E-state index in [0.717, 1.165) is 62.9 Å². The fraction of sp³-hybridized carbons (Fsp3) is 0.512. The first kappa shape index (κ1) is 48.1. The van der Waals surface area contributed by atoms with Crippen LogP contribution in [-0.4, -0.2) is 73.1 Å². The van der Waals surface area contributed by atoms with Gasteiger partial charge in [-0.25, -0.2) is 8.42 Å². The van der Waals surface area contributed by atoms with Crippen LogP contribution in [0, 0.1) is 6.92 Å². The number of anilines is 1. The molecule has 2 aromatic rings. The quantitative estimate of drug-likeness (QED) is 0.0641. The third-order valence-electron chi connectivity index (χ3n) is 10.1. The van der Waals surface area contributed by atoms with Crippen LogP contribution >= 0.6 is 0 Å². The first-order valence-corrected chi connectivity index (χ1v) is 22.5. The zero-order valence-electron chi connectivity index (χ0n) is 33.3. The van der Waals surface area contributed by atoms with Crippen molar-refractivity contribution in [2.45, 2.75) is 117 Å². The van der Waals surface area contributed by atoms with Crippen LogP contribution in [0.3, 0.4) is 0 Å². The average molecular weight is 833 g/mol. The first-order valence-electron chi connectivity index (χ1n) is 19.0. The molecule has 308 valence electrons. The van der Waals surface area contributed by atoms with E-state index in [2.05, 4.69) is 118 Å². The third-order valence-corrected chi connectivity index (χ3v) is 10.9. The molecule has 4 rings (SSSR count). The standard InChI is InChI=1S/C41H56N2O4S.2O3S/c1-7-9-11-19-33(44)20-16-17-27-41(6)34-21-14-15-22-36(34)43(29-18-30-48(45,46)47)39(41)24-13-10-12-23-38-40(4,5)35-31-32(3)25-26-37(35)42(38)28-8-2;2*1-4(2)3/h10,12-15,21-26,31H,7-9,11,16-20,27-30H2,1-6H3;;. The van der Waals surface area contributed by atoms with Crippen molar-refractivity contribution in [2.24, 2.45) is 0 Å². The van der Waals surface area contributed by atoms with Gasteiger partial charge in [0.15, 0.2) is 5.71 Å². The van der Waals surface area contributed by atoms with Crippen LogP contribution in [0.2, 0.25) is 0 Å². The normalized spacial score (nSPS) is 17.7. The average Bonchev–Trinajstić information content (AvgIpc) is 3.45. The Kier molecular flexibility index (Phi) is 19.4. The molecule has 0 aliphatic carbocycles. The summed E-state index contributed by atoms with van der Waals surface area (Å²) in [6.07, 6.45) is 19.1. The number of hydrogen-bond donors (Lipinski definition) is 0. The Labute approximate surface area is 336 Å². The molecule has 0 saturated carbocycles. The van der Waals surface area contributed by atoms with Gasteiger partial charge in [0.25, 0.3) is 0 Å². The van der Waals surface area contributed by atoms with Crippen LogP contribution in [0.25, 0.3) is 0 Å². The van der Waals surface area contributed by atoms with Crippen LogP contribution in [0.5, 0.6) is 0 Å². The Morgan fingerprint density at radius 1 is 0.821 bits per heavy atom. The van der Waals surface area contributed by atoms with E-state index >= 15 is 0 Å². The van der Waals surface area contributed by atoms with Crippen LogP contribution in [0.15, 0.2) is 78.5 Å².